The number of rotatable bonds is 2. The summed E-state index contributed by atoms with van der Waals surface area (Å²) >= 11 is 0. The van der Waals surface area contributed by atoms with E-state index in [0.717, 1.165) is 6.07 Å². The second-order valence-corrected chi connectivity index (χ2v) is 3.96. The molecule has 0 atom stereocenters. The van der Waals surface area contributed by atoms with Gasteiger partial charge in [-0.3, -0.25) is 4.79 Å². The topological polar surface area (TPSA) is 29.5 Å². The average molecular weight is 241 g/mol. The molecule has 0 aromatic heterocycles. The van der Waals surface area contributed by atoms with Crippen molar-refractivity contribution in [2.45, 2.75) is 12.8 Å². The van der Waals surface area contributed by atoms with Crippen LogP contribution in [0, 0.1) is 11.6 Å². The molecular weight excluding hydrogens is 228 g/mol. The van der Waals surface area contributed by atoms with E-state index in [2.05, 4.69) is 0 Å². The van der Waals surface area contributed by atoms with Crippen LogP contribution in [0.3, 0.4) is 0 Å². The fourth-order valence-electron chi connectivity index (χ4n) is 1.91. The van der Waals surface area contributed by atoms with Crippen LogP contribution in [0.1, 0.15) is 12.8 Å². The fraction of sp³-hybridized carbons (Fsp3) is 0.417. The minimum absolute atomic E-state index is 0.0123. The van der Waals surface area contributed by atoms with Gasteiger partial charge in [-0.15, -0.1) is 0 Å². The zero-order valence-corrected chi connectivity index (χ0v) is 9.50. The van der Waals surface area contributed by atoms with E-state index in [1.54, 1.807) is 4.90 Å². The van der Waals surface area contributed by atoms with Crippen LogP contribution in [0.15, 0.2) is 12.1 Å². The number of methoxy groups -OCH3 is 1. The van der Waals surface area contributed by atoms with Gasteiger partial charge in [0.1, 0.15) is 11.6 Å². The highest BCUT2D eigenvalue weighted by Gasteiger charge is 2.21. The van der Waals surface area contributed by atoms with Gasteiger partial charge >= 0.3 is 0 Å². The van der Waals surface area contributed by atoms with Gasteiger partial charge in [-0.2, -0.15) is 0 Å². The maximum absolute atomic E-state index is 13.6. The lowest BCUT2D eigenvalue weighted by Gasteiger charge is -2.28. The van der Waals surface area contributed by atoms with E-state index in [1.165, 1.54) is 13.2 Å². The normalized spacial score (nSPS) is 16.2. The molecule has 3 nitrogen and oxygen atoms in total. The second kappa shape index (κ2) is 4.69. The first-order valence-corrected chi connectivity index (χ1v) is 5.41. The van der Waals surface area contributed by atoms with Crippen LogP contribution >= 0.6 is 0 Å². The summed E-state index contributed by atoms with van der Waals surface area (Å²) in [6.45, 7) is 0.926. The van der Waals surface area contributed by atoms with Gasteiger partial charge in [0, 0.05) is 38.1 Å². The van der Waals surface area contributed by atoms with Crippen molar-refractivity contribution in [3.63, 3.8) is 0 Å². The Labute approximate surface area is 98.0 Å². The minimum Gasteiger partial charge on any atom is -0.494 e. The van der Waals surface area contributed by atoms with Crippen LogP contribution in [-0.4, -0.2) is 26.0 Å². The molecule has 0 N–H and O–H groups in total. The van der Waals surface area contributed by atoms with Gasteiger partial charge in [0.2, 0.25) is 0 Å². The highest BCUT2D eigenvalue weighted by atomic mass is 19.1. The summed E-state index contributed by atoms with van der Waals surface area (Å²) in [7, 11) is 1.33. The van der Waals surface area contributed by atoms with E-state index in [0.29, 0.717) is 25.9 Å². The molecule has 0 bridgehead atoms. The first kappa shape index (κ1) is 11.8. The average Bonchev–Trinajstić information content (AvgIpc) is 2.31. The molecule has 5 heteroatoms. The van der Waals surface area contributed by atoms with Crippen LogP contribution in [-0.2, 0) is 4.79 Å². The zero-order chi connectivity index (χ0) is 12.4. The van der Waals surface area contributed by atoms with Crippen LogP contribution in [0.2, 0.25) is 0 Å². The molecule has 1 aliphatic rings. The summed E-state index contributed by atoms with van der Waals surface area (Å²) in [6.07, 6.45) is 0.804. The molecule has 1 fully saturated rings. The van der Waals surface area contributed by atoms with Gasteiger partial charge < -0.3 is 9.64 Å². The van der Waals surface area contributed by atoms with Gasteiger partial charge in [-0.25, -0.2) is 8.78 Å². The molecule has 1 aromatic rings. The Morgan fingerprint density at radius 1 is 1.18 bits per heavy atom. The summed E-state index contributed by atoms with van der Waals surface area (Å²) in [6, 6.07) is 2.14. The van der Waals surface area contributed by atoms with Crippen molar-refractivity contribution in [2.24, 2.45) is 0 Å². The largest absolute Gasteiger partial charge is 0.494 e. The first-order valence-electron chi connectivity index (χ1n) is 5.41. The van der Waals surface area contributed by atoms with Crippen LogP contribution in [0.5, 0.6) is 5.75 Å². The molecule has 0 saturated carbocycles. The van der Waals surface area contributed by atoms with Gasteiger partial charge in [-0.1, -0.05) is 0 Å². The molecule has 0 radical (unpaired) electrons. The third-order valence-electron chi connectivity index (χ3n) is 2.88. The fourth-order valence-corrected chi connectivity index (χ4v) is 1.91. The van der Waals surface area contributed by atoms with E-state index in [4.69, 9.17) is 4.74 Å². The number of ketones is 1. The number of anilines is 1. The number of hydrogen-bond donors (Lipinski definition) is 0. The molecular formula is C12H13F2NO2. The Hall–Kier alpha value is -1.65. The third kappa shape index (κ3) is 2.38. The van der Waals surface area contributed by atoms with E-state index in [-0.39, 0.29) is 17.2 Å². The summed E-state index contributed by atoms with van der Waals surface area (Å²) in [4.78, 5) is 12.8. The van der Waals surface area contributed by atoms with Crippen LogP contribution < -0.4 is 9.64 Å². The molecule has 0 spiro atoms. The number of ether oxygens (including phenoxy) is 1. The molecule has 0 aliphatic carbocycles. The van der Waals surface area contributed by atoms with Crippen molar-refractivity contribution in [1.82, 2.24) is 0 Å². The number of piperidine rings is 1. The highest BCUT2D eigenvalue weighted by Crippen LogP contribution is 2.29. The van der Waals surface area contributed by atoms with E-state index < -0.39 is 11.6 Å². The Kier molecular flexibility index (Phi) is 3.26. The summed E-state index contributed by atoms with van der Waals surface area (Å²) < 4.78 is 31.7. The maximum atomic E-state index is 13.6. The lowest BCUT2D eigenvalue weighted by Crippen LogP contribution is -2.34. The molecule has 2 rings (SSSR count). The van der Waals surface area contributed by atoms with Crippen molar-refractivity contribution < 1.29 is 18.3 Å². The Balaban J connectivity index is 2.28. The molecule has 1 heterocycles. The standard InChI is InChI=1S/C12H13F2NO2/c1-17-12-7-11(9(13)6-10(12)14)15-4-2-8(16)3-5-15/h6-7H,2-5H2,1H3. The highest BCUT2D eigenvalue weighted by molar-refractivity contribution is 5.81. The molecule has 17 heavy (non-hydrogen) atoms. The maximum Gasteiger partial charge on any atom is 0.168 e. The second-order valence-electron chi connectivity index (χ2n) is 3.96. The molecule has 0 unspecified atom stereocenters. The van der Waals surface area contributed by atoms with E-state index >= 15 is 0 Å². The Morgan fingerprint density at radius 3 is 2.41 bits per heavy atom. The number of halogens is 2. The van der Waals surface area contributed by atoms with Crippen LogP contribution in [0.25, 0.3) is 0 Å². The predicted octanol–water partition coefficient (Wildman–Crippen LogP) is 2.14. The quantitative estimate of drug-likeness (QED) is 0.794. The number of Topliss-reactive ketones (excluding diaryl/α,β-unsaturated/α-hetero) is 1. The minimum atomic E-state index is -0.721. The lowest BCUT2D eigenvalue weighted by molar-refractivity contribution is -0.119. The summed E-state index contributed by atoms with van der Waals surface area (Å²) in [5.74, 6) is -1.16. The lowest BCUT2D eigenvalue weighted by atomic mass is 10.1. The van der Waals surface area contributed by atoms with Gasteiger partial charge in [-0.05, 0) is 0 Å². The van der Waals surface area contributed by atoms with Crippen molar-refractivity contribution >= 4 is 11.5 Å². The number of nitrogens with zero attached hydrogens (tertiary/aromatic N) is 1. The molecule has 1 aromatic carbocycles. The molecule has 1 aliphatic heterocycles. The van der Waals surface area contributed by atoms with Gasteiger partial charge in [0.15, 0.2) is 11.6 Å². The van der Waals surface area contributed by atoms with Crippen molar-refractivity contribution in [3.05, 3.63) is 23.8 Å². The molecule has 1 saturated heterocycles. The van der Waals surface area contributed by atoms with Crippen molar-refractivity contribution in [1.29, 1.82) is 0 Å². The third-order valence-corrected chi connectivity index (χ3v) is 2.88. The molecule has 0 amide bonds. The number of carbonyl (C=O) groups excluding carboxylic acids is 1. The van der Waals surface area contributed by atoms with Gasteiger partial charge in [0.05, 0.1) is 12.8 Å². The van der Waals surface area contributed by atoms with Crippen molar-refractivity contribution in [3.8, 4) is 5.75 Å². The summed E-state index contributed by atoms with van der Waals surface area (Å²) in [5, 5.41) is 0. The molecule has 92 valence electrons. The number of hydrogen-bond acceptors (Lipinski definition) is 3. The Morgan fingerprint density at radius 2 is 1.82 bits per heavy atom. The SMILES string of the molecule is COc1cc(N2CCC(=O)CC2)c(F)cc1F. The smallest absolute Gasteiger partial charge is 0.168 e. The number of carbonyl (C=O) groups is 1. The van der Waals surface area contributed by atoms with Gasteiger partial charge in [0.25, 0.3) is 0 Å². The monoisotopic (exact) mass is 241 g/mol. The number of benzene rings is 1. The zero-order valence-electron chi connectivity index (χ0n) is 9.50. The van der Waals surface area contributed by atoms with Crippen LogP contribution in [0.4, 0.5) is 14.5 Å². The predicted molar refractivity (Wildman–Crippen MR) is 59.4 cm³/mol. The summed E-state index contributed by atoms with van der Waals surface area (Å²) in [5.41, 5.74) is 0.288. The van der Waals surface area contributed by atoms with E-state index in [9.17, 15) is 13.6 Å². The van der Waals surface area contributed by atoms with E-state index in [1.807, 2.05) is 0 Å². The first-order chi connectivity index (χ1) is 8.11. The Bertz CT molecular complexity index is 438. The van der Waals surface area contributed by atoms with Crippen molar-refractivity contribution in [2.75, 3.05) is 25.1 Å².